The predicted octanol–water partition coefficient (Wildman–Crippen LogP) is 2.99. The number of benzene rings is 1. The summed E-state index contributed by atoms with van der Waals surface area (Å²) in [7, 11) is -0.497. The van der Waals surface area contributed by atoms with Crippen molar-refractivity contribution >= 4 is 8.96 Å². The molecule has 0 aliphatic carbocycles. The van der Waals surface area contributed by atoms with Gasteiger partial charge in [-0.1, -0.05) is 19.2 Å². The van der Waals surface area contributed by atoms with Crippen LogP contribution in [0.3, 0.4) is 0 Å². The Labute approximate surface area is 112 Å². The Morgan fingerprint density at radius 2 is 1.72 bits per heavy atom. The van der Waals surface area contributed by atoms with Crippen LogP contribution >= 0.6 is 0 Å². The third-order valence-corrected chi connectivity index (χ3v) is 4.99. The molecule has 0 spiro atoms. The van der Waals surface area contributed by atoms with Gasteiger partial charge in [0.25, 0.3) is 0 Å². The van der Waals surface area contributed by atoms with Crippen LogP contribution in [-0.2, 0) is 6.42 Å². The summed E-state index contributed by atoms with van der Waals surface area (Å²) in [5, 5.41) is 18.8. The number of phenols is 2. The smallest absolute Gasteiger partial charge is 0.157 e. The Kier molecular flexibility index (Phi) is 4.82. The maximum Gasteiger partial charge on any atom is 0.157 e. The lowest BCUT2D eigenvalue weighted by molar-refractivity contribution is 0.251. The zero-order valence-corrected chi connectivity index (χ0v) is 13.0. The quantitative estimate of drug-likeness (QED) is 0.650. The summed E-state index contributed by atoms with van der Waals surface area (Å²) in [4.78, 5) is 0. The summed E-state index contributed by atoms with van der Waals surface area (Å²) in [6.45, 7) is 12.3. The fourth-order valence-electron chi connectivity index (χ4n) is 2.20. The van der Waals surface area contributed by atoms with E-state index in [0.29, 0.717) is 0 Å². The lowest BCUT2D eigenvalue weighted by Gasteiger charge is -2.38. The van der Waals surface area contributed by atoms with Crippen LogP contribution in [0, 0.1) is 0 Å². The molecular formula is C14H24NO2Si. The van der Waals surface area contributed by atoms with Crippen molar-refractivity contribution in [3.8, 4) is 11.5 Å². The van der Waals surface area contributed by atoms with E-state index in [2.05, 4.69) is 38.4 Å². The summed E-state index contributed by atoms with van der Waals surface area (Å²) >= 11 is 0. The standard InChI is InChI=1S/C14H24NO2Si/c1-14(2,3)15(18(4)5)9-8-11-6-7-12(16)13(17)10-11/h6-7,10,16-17H,8-9H2,1-5H3. The molecule has 0 bridgehead atoms. The van der Waals surface area contributed by atoms with Gasteiger partial charge in [-0.05, 0) is 51.4 Å². The first-order valence-electron chi connectivity index (χ1n) is 6.30. The van der Waals surface area contributed by atoms with Crippen LogP contribution in [0.25, 0.3) is 0 Å². The number of aromatic hydroxyl groups is 2. The van der Waals surface area contributed by atoms with Gasteiger partial charge in [0, 0.05) is 5.54 Å². The van der Waals surface area contributed by atoms with Gasteiger partial charge in [0.2, 0.25) is 0 Å². The van der Waals surface area contributed by atoms with E-state index in [1.807, 2.05) is 6.07 Å². The van der Waals surface area contributed by atoms with Gasteiger partial charge in [-0.2, -0.15) is 0 Å². The van der Waals surface area contributed by atoms with Crippen molar-refractivity contribution in [2.75, 3.05) is 6.54 Å². The lowest BCUT2D eigenvalue weighted by Crippen LogP contribution is -2.49. The van der Waals surface area contributed by atoms with E-state index in [9.17, 15) is 10.2 Å². The Morgan fingerprint density at radius 1 is 1.11 bits per heavy atom. The number of rotatable bonds is 4. The molecule has 0 atom stereocenters. The van der Waals surface area contributed by atoms with Crippen LogP contribution < -0.4 is 0 Å². The number of hydrogen-bond acceptors (Lipinski definition) is 3. The number of hydrogen-bond donors (Lipinski definition) is 2. The van der Waals surface area contributed by atoms with Gasteiger partial charge in [-0.15, -0.1) is 0 Å². The third kappa shape index (κ3) is 4.03. The van der Waals surface area contributed by atoms with Gasteiger partial charge >= 0.3 is 0 Å². The molecule has 4 heteroatoms. The van der Waals surface area contributed by atoms with Gasteiger partial charge in [-0.25, -0.2) is 0 Å². The van der Waals surface area contributed by atoms with Crippen LogP contribution in [0.2, 0.25) is 13.1 Å². The molecule has 18 heavy (non-hydrogen) atoms. The van der Waals surface area contributed by atoms with Crippen molar-refractivity contribution in [3.05, 3.63) is 23.8 Å². The van der Waals surface area contributed by atoms with Crippen molar-refractivity contribution in [3.63, 3.8) is 0 Å². The van der Waals surface area contributed by atoms with Crippen molar-refractivity contribution in [1.29, 1.82) is 0 Å². The third-order valence-electron chi connectivity index (χ3n) is 3.01. The highest BCUT2D eigenvalue weighted by atomic mass is 28.3. The Bertz CT molecular complexity index is 399. The summed E-state index contributed by atoms with van der Waals surface area (Å²) in [6.07, 6.45) is 0.890. The minimum absolute atomic E-state index is 0.0339. The van der Waals surface area contributed by atoms with E-state index in [-0.39, 0.29) is 17.0 Å². The Morgan fingerprint density at radius 3 is 2.17 bits per heavy atom. The topological polar surface area (TPSA) is 43.7 Å². The average molecular weight is 266 g/mol. The van der Waals surface area contributed by atoms with E-state index >= 15 is 0 Å². The minimum atomic E-state index is -0.497. The average Bonchev–Trinajstić information content (AvgIpc) is 2.21. The molecule has 0 amide bonds. The Balaban J connectivity index is 2.70. The van der Waals surface area contributed by atoms with Crippen LogP contribution in [0.5, 0.6) is 11.5 Å². The molecule has 0 fully saturated rings. The molecule has 0 aliphatic rings. The molecule has 101 valence electrons. The predicted molar refractivity (Wildman–Crippen MR) is 77.4 cm³/mol. The van der Waals surface area contributed by atoms with Gasteiger partial charge in [-0.3, -0.25) is 0 Å². The van der Waals surface area contributed by atoms with Gasteiger partial charge < -0.3 is 14.8 Å². The molecule has 1 aromatic rings. The molecule has 0 aromatic heterocycles. The van der Waals surface area contributed by atoms with Gasteiger partial charge in [0.1, 0.15) is 8.96 Å². The maximum atomic E-state index is 9.48. The number of phenolic OH excluding ortho intramolecular Hbond substituents is 2. The van der Waals surface area contributed by atoms with Crippen LogP contribution in [0.15, 0.2) is 18.2 Å². The fraction of sp³-hybridized carbons (Fsp3) is 0.571. The summed E-state index contributed by atoms with van der Waals surface area (Å²) in [6, 6.07) is 5.07. The molecule has 1 aromatic carbocycles. The summed E-state index contributed by atoms with van der Waals surface area (Å²) in [5.41, 5.74) is 1.24. The summed E-state index contributed by atoms with van der Waals surface area (Å²) in [5.74, 6) is -0.0875. The van der Waals surface area contributed by atoms with Crippen molar-refractivity contribution < 1.29 is 10.2 Å². The lowest BCUT2D eigenvalue weighted by atomic mass is 10.1. The van der Waals surface area contributed by atoms with Gasteiger partial charge in [0.15, 0.2) is 11.5 Å². The molecule has 0 saturated carbocycles. The van der Waals surface area contributed by atoms with E-state index in [1.165, 1.54) is 0 Å². The zero-order valence-electron chi connectivity index (χ0n) is 12.0. The molecule has 2 N–H and O–H groups in total. The molecule has 3 nitrogen and oxygen atoms in total. The zero-order chi connectivity index (χ0) is 13.9. The highest BCUT2D eigenvalue weighted by Crippen LogP contribution is 2.25. The first-order chi connectivity index (χ1) is 8.21. The second-order valence-electron chi connectivity index (χ2n) is 5.84. The number of nitrogens with zero attached hydrogens (tertiary/aromatic N) is 1. The van der Waals surface area contributed by atoms with Crippen molar-refractivity contribution in [1.82, 2.24) is 4.57 Å². The fourth-order valence-corrected chi connectivity index (χ4v) is 4.10. The SMILES string of the molecule is C[Si](C)N(CCc1ccc(O)c(O)c1)C(C)(C)C. The second-order valence-corrected chi connectivity index (χ2v) is 8.28. The maximum absolute atomic E-state index is 9.48. The minimum Gasteiger partial charge on any atom is -0.504 e. The largest absolute Gasteiger partial charge is 0.504 e. The van der Waals surface area contributed by atoms with Crippen molar-refractivity contribution in [2.24, 2.45) is 0 Å². The van der Waals surface area contributed by atoms with E-state index in [1.54, 1.807) is 12.1 Å². The van der Waals surface area contributed by atoms with E-state index in [4.69, 9.17) is 0 Å². The van der Waals surface area contributed by atoms with Crippen LogP contribution in [0.1, 0.15) is 26.3 Å². The Hall–Kier alpha value is -1.00. The van der Waals surface area contributed by atoms with E-state index < -0.39 is 8.96 Å². The molecule has 1 radical (unpaired) electrons. The van der Waals surface area contributed by atoms with E-state index in [0.717, 1.165) is 18.5 Å². The normalized spacial score (nSPS) is 12.4. The molecule has 0 heterocycles. The molecule has 0 unspecified atom stereocenters. The molecule has 1 rings (SSSR count). The first-order valence-corrected chi connectivity index (χ1v) is 8.75. The monoisotopic (exact) mass is 266 g/mol. The highest BCUT2D eigenvalue weighted by Gasteiger charge is 2.24. The second kappa shape index (κ2) is 5.76. The molecule has 0 saturated heterocycles. The van der Waals surface area contributed by atoms with Crippen LogP contribution in [0.4, 0.5) is 0 Å². The van der Waals surface area contributed by atoms with Crippen LogP contribution in [-0.4, -0.2) is 35.8 Å². The summed E-state index contributed by atoms with van der Waals surface area (Å²) < 4.78 is 2.53. The van der Waals surface area contributed by atoms with Crippen molar-refractivity contribution in [2.45, 2.75) is 45.8 Å². The van der Waals surface area contributed by atoms with Gasteiger partial charge in [0.05, 0.1) is 0 Å². The molecular weight excluding hydrogens is 242 g/mol. The highest BCUT2D eigenvalue weighted by molar-refractivity contribution is 6.52. The first kappa shape index (κ1) is 15.1. The molecule has 0 aliphatic heterocycles.